The van der Waals surface area contributed by atoms with E-state index in [4.69, 9.17) is 18.0 Å². The molecule has 6 heteroatoms. The largest absolute Gasteiger partial charge is 0.352 e. The summed E-state index contributed by atoms with van der Waals surface area (Å²) in [7, 11) is 0. The van der Waals surface area contributed by atoms with Crippen LogP contribution in [0, 0.1) is 22.5 Å². The summed E-state index contributed by atoms with van der Waals surface area (Å²) in [4.78, 5) is 22.0. The van der Waals surface area contributed by atoms with Gasteiger partial charge in [0.15, 0.2) is 0 Å². The van der Waals surface area contributed by atoms with E-state index in [2.05, 4.69) is 11.2 Å². The summed E-state index contributed by atoms with van der Waals surface area (Å²) in [5.74, 6) is 1.87. The van der Waals surface area contributed by atoms with Gasteiger partial charge in [0.25, 0.3) is 11.6 Å². The van der Waals surface area contributed by atoms with E-state index in [1.807, 2.05) is 0 Å². The van der Waals surface area contributed by atoms with Crippen molar-refractivity contribution in [3.63, 3.8) is 0 Å². The molecule has 1 amide bonds. The molecule has 1 N–H and O–H groups in total. The molecule has 0 bridgehead atoms. The first-order chi connectivity index (χ1) is 8.57. The first-order valence-corrected chi connectivity index (χ1v) is 5.60. The number of hydrogen-bond acceptors (Lipinski definition) is 3. The molecule has 0 aromatic heterocycles. The second-order valence-electron chi connectivity index (χ2n) is 3.45. The molecule has 5 nitrogen and oxygen atoms in total. The fourth-order valence-corrected chi connectivity index (χ4v) is 1.63. The van der Waals surface area contributed by atoms with Gasteiger partial charge in [-0.15, -0.1) is 12.3 Å². The fourth-order valence-electron chi connectivity index (χ4n) is 1.37. The lowest BCUT2D eigenvalue weighted by molar-refractivity contribution is -0.385. The fraction of sp³-hybridized carbons (Fsp3) is 0.250. The molecule has 18 heavy (non-hydrogen) atoms. The molecule has 0 radical (unpaired) electrons. The normalized spacial score (nSPS) is 9.56. The highest BCUT2D eigenvalue weighted by Gasteiger charge is 2.22. The number of hydrogen-bond donors (Lipinski definition) is 1. The quantitative estimate of drug-likeness (QED) is 0.385. The lowest BCUT2D eigenvalue weighted by atomic mass is 10.1. The standard InChI is InChI=1S/C12H11ClN2O3/c1-2-3-4-8-14-12(16)11-9(13)6-5-7-10(11)15(17)18/h1,5-7H,3-4,8H2,(H,14,16). The number of carbonyl (C=O) groups is 1. The van der Waals surface area contributed by atoms with Crippen molar-refractivity contribution < 1.29 is 9.72 Å². The summed E-state index contributed by atoms with van der Waals surface area (Å²) in [6.07, 6.45) is 6.22. The van der Waals surface area contributed by atoms with Crippen LogP contribution >= 0.6 is 11.6 Å². The average molecular weight is 267 g/mol. The number of nitro groups is 1. The molecule has 94 valence electrons. The van der Waals surface area contributed by atoms with Crippen molar-refractivity contribution in [1.29, 1.82) is 0 Å². The predicted octanol–water partition coefficient (Wildman–Crippen LogP) is 2.39. The van der Waals surface area contributed by atoms with Gasteiger partial charge in [-0.2, -0.15) is 0 Å². The Morgan fingerprint density at radius 3 is 2.89 bits per heavy atom. The van der Waals surface area contributed by atoms with E-state index >= 15 is 0 Å². The van der Waals surface area contributed by atoms with Crippen LogP contribution in [0.25, 0.3) is 0 Å². The van der Waals surface area contributed by atoms with Gasteiger partial charge in [-0.25, -0.2) is 0 Å². The van der Waals surface area contributed by atoms with Gasteiger partial charge in [0.2, 0.25) is 0 Å². The average Bonchev–Trinajstić information content (AvgIpc) is 2.34. The lowest BCUT2D eigenvalue weighted by Gasteiger charge is -2.06. The second kappa shape index (κ2) is 6.62. The van der Waals surface area contributed by atoms with Crippen LogP contribution in [0.5, 0.6) is 0 Å². The maximum atomic E-state index is 11.8. The first-order valence-electron chi connectivity index (χ1n) is 5.22. The molecular weight excluding hydrogens is 256 g/mol. The van der Waals surface area contributed by atoms with Crippen LogP contribution < -0.4 is 5.32 Å². The molecule has 0 atom stereocenters. The molecule has 1 aromatic rings. The van der Waals surface area contributed by atoms with Crippen LogP contribution in [-0.4, -0.2) is 17.4 Å². The minimum atomic E-state index is -0.637. The first kappa shape index (κ1) is 14.0. The van der Waals surface area contributed by atoms with E-state index < -0.39 is 10.8 Å². The van der Waals surface area contributed by atoms with Gasteiger partial charge in [0.05, 0.1) is 9.95 Å². The number of nitro benzene ring substituents is 1. The van der Waals surface area contributed by atoms with Crippen LogP contribution in [0.1, 0.15) is 23.2 Å². The van der Waals surface area contributed by atoms with Crippen molar-refractivity contribution in [3.05, 3.63) is 38.9 Å². The second-order valence-corrected chi connectivity index (χ2v) is 3.86. The molecule has 0 fully saturated rings. The molecule has 0 saturated heterocycles. The molecule has 1 aromatic carbocycles. The lowest BCUT2D eigenvalue weighted by Crippen LogP contribution is -2.25. The van der Waals surface area contributed by atoms with Gasteiger partial charge in [0.1, 0.15) is 5.56 Å². The third-order valence-corrected chi connectivity index (χ3v) is 2.51. The Morgan fingerprint density at radius 1 is 1.56 bits per heavy atom. The third-order valence-electron chi connectivity index (χ3n) is 2.20. The topological polar surface area (TPSA) is 72.2 Å². The molecule has 0 aliphatic carbocycles. The SMILES string of the molecule is C#CCCCNC(=O)c1c(Cl)cccc1[N+](=O)[O-]. The van der Waals surface area contributed by atoms with Crippen LogP contribution in [0.3, 0.4) is 0 Å². The zero-order chi connectivity index (χ0) is 13.5. The Labute approximate surface area is 109 Å². The number of carbonyl (C=O) groups excluding carboxylic acids is 1. The van der Waals surface area contributed by atoms with Gasteiger partial charge in [-0.05, 0) is 12.5 Å². The third kappa shape index (κ3) is 3.47. The minimum Gasteiger partial charge on any atom is -0.352 e. The highest BCUT2D eigenvalue weighted by atomic mass is 35.5. The Bertz CT molecular complexity index is 509. The van der Waals surface area contributed by atoms with Crippen LogP contribution in [-0.2, 0) is 0 Å². The Hall–Kier alpha value is -2.06. The predicted molar refractivity (Wildman–Crippen MR) is 68.5 cm³/mol. The summed E-state index contributed by atoms with van der Waals surface area (Å²) >= 11 is 5.81. The summed E-state index contributed by atoms with van der Waals surface area (Å²) in [6.45, 7) is 0.353. The Balaban J connectivity index is 2.85. The summed E-state index contributed by atoms with van der Waals surface area (Å²) < 4.78 is 0. The molecule has 0 heterocycles. The number of nitrogens with zero attached hydrogens (tertiary/aromatic N) is 1. The number of amides is 1. The van der Waals surface area contributed by atoms with Crippen molar-refractivity contribution in [1.82, 2.24) is 5.32 Å². The molecule has 0 saturated carbocycles. The monoisotopic (exact) mass is 266 g/mol. The molecule has 0 unspecified atom stereocenters. The number of halogens is 1. The van der Waals surface area contributed by atoms with Crippen molar-refractivity contribution in [2.75, 3.05) is 6.54 Å². The van der Waals surface area contributed by atoms with Gasteiger partial charge < -0.3 is 5.32 Å². The Morgan fingerprint density at radius 2 is 2.28 bits per heavy atom. The molecule has 0 aliphatic heterocycles. The van der Waals surface area contributed by atoms with E-state index in [1.54, 1.807) is 0 Å². The molecule has 0 spiro atoms. The summed E-state index contributed by atoms with van der Waals surface area (Å²) in [5.41, 5.74) is -0.429. The van der Waals surface area contributed by atoms with E-state index in [0.717, 1.165) is 0 Å². The number of rotatable bonds is 5. The van der Waals surface area contributed by atoms with Crippen molar-refractivity contribution in [3.8, 4) is 12.3 Å². The number of unbranched alkanes of at least 4 members (excludes halogenated alkanes) is 1. The maximum Gasteiger partial charge on any atom is 0.283 e. The van der Waals surface area contributed by atoms with E-state index in [-0.39, 0.29) is 16.3 Å². The van der Waals surface area contributed by atoms with Crippen molar-refractivity contribution in [2.24, 2.45) is 0 Å². The van der Waals surface area contributed by atoms with Crippen molar-refractivity contribution in [2.45, 2.75) is 12.8 Å². The summed E-state index contributed by atoms with van der Waals surface area (Å²) in [5, 5.41) is 13.4. The maximum absolute atomic E-state index is 11.8. The molecular formula is C12H11ClN2O3. The highest BCUT2D eigenvalue weighted by molar-refractivity contribution is 6.34. The summed E-state index contributed by atoms with van der Waals surface area (Å²) in [6, 6.07) is 4.10. The van der Waals surface area contributed by atoms with Crippen molar-refractivity contribution >= 4 is 23.2 Å². The van der Waals surface area contributed by atoms with Gasteiger partial charge in [-0.1, -0.05) is 17.7 Å². The Kier molecular flexibility index (Phi) is 5.15. The van der Waals surface area contributed by atoms with Gasteiger partial charge in [-0.3, -0.25) is 14.9 Å². The molecule has 0 aliphatic rings. The smallest absolute Gasteiger partial charge is 0.283 e. The minimum absolute atomic E-state index is 0.0543. The zero-order valence-corrected chi connectivity index (χ0v) is 10.2. The van der Waals surface area contributed by atoms with E-state index in [1.165, 1.54) is 18.2 Å². The van der Waals surface area contributed by atoms with Gasteiger partial charge in [0, 0.05) is 19.0 Å². The van der Waals surface area contributed by atoms with E-state index in [0.29, 0.717) is 19.4 Å². The zero-order valence-electron chi connectivity index (χ0n) is 9.48. The van der Waals surface area contributed by atoms with E-state index in [9.17, 15) is 14.9 Å². The van der Waals surface area contributed by atoms with Crippen LogP contribution in [0.15, 0.2) is 18.2 Å². The number of terminal acetylenes is 1. The van der Waals surface area contributed by atoms with Crippen LogP contribution in [0.4, 0.5) is 5.69 Å². The van der Waals surface area contributed by atoms with Crippen LogP contribution in [0.2, 0.25) is 5.02 Å². The molecule has 1 rings (SSSR count). The van der Waals surface area contributed by atoms with Gasteiger partial charge >= 0.3 is 0 Å². The number of nitrogens with one attached hydrogen (secondary N) is 1. The highest BCUT2D eigenvalue weighted by Crippen LogP contribution is 2.25. The number of benzene rings is 1.